The van der Waals surface area contributed by atoms with Crippen LogP contribution < -0.4 is 9.47 Å². The van der Waals surface area contributed by atoms with Crippen LogP contribution in [0.15, 0.2) is 42.6 Å². The molecule has 0 spiro atoms. The molecule has 0 atom stereocenters. The topological polar surface area (TPSA) is 51.7 Å². The van der Waals surface area contributed by atoms with E-state index >= 15 is 0 Å². The molecule has 0 unspecified atom stereocenters. The van der Waals surface area contributed by atoms with E-state index < -0.39 is 0 Å². The number of hydrogen-bond acceptors (Lipinski definition) is 4. The Kier molecular flexibility index (Phi) is 6.47. The zero-order valence-electron chi connectivity index (χ0n) is 15.3. The zero-order chi connectivity index (χ0) is 18.2. The number of carbonyl (C=O) groups is 1. The Morgan fingerprint density at radius 2 is 2.04 bits per heavy atom. The van der Waals surface area contributed by atoms with Gasteiger partial charge in [-0.25, -0.2) is 0 Å². The number of benzene rings is 1. The lowest BCUT2D eigenvalue weighted by Gasteiger charge is -2.23. The van der Waals surface area contributed by atoms with Crippen LogP contribution in [0.2, 0.25) is 0 Å². The third-order valence-electron chi connectivity index (χ3n) is 4.52. The maximum Gasteiger partial charge on any atom is 0.231 e. The van der Waals surface area contributed by atoms with Crippen LogP contribution in [0.25, 0.3) is 0 Å². The van der Waals surface area contributed by atoms with Gasteiger partial charge in [0.2, 0.25) is 12.7 Å². The van der Waals surface area contributed by atoms with Crippen molar-refractivity contribution in [3.63, 3.8) is 0 Å². The lowest BCUT2D eigenvalue weighted by atomic mass is 10.1. The fourth-order valence-corrected chi connectivity index (χ4v) is 3.03. The number of amides is 1. The number of carbonyl (C=O) groups excluding carboxylic acids is 1. The Bertz CT molecular complexity index is 718. The Balaban J connectivity index is 1.66. The number of hydrogen-bond donors (Lipinski definition) is 0. The lowest BCUT2D eigenvalue weighted by molar-refractivity contribution is -0.131. The van der Waals surface area contributed by atoms with Gasteiger partial charge in [-0.1, -0.05) is 31.9 Å². The van der Waals surface area contributed by atoms with E-state index in [1.807, 2.05) is 41.3 Å². The van der Waals surface area contributed by atoms with Crippen molar-refractivity contribution in [3.05, 3.63) is 53.9 Å². The Morgan fingerprint density at radius 3 is 2.85 bits per heavy atom. The second-order valence-electron chi connectivity index (χ2n) is 6.53. The Hall–Kier alpha value is -2.56. The van der Waals surface area contributed by atoms with E-state index in [0.29, 0.717) is 19.5 Å². The normalized spacial score (nSPS) is 12.2. The van der Waals surface area contributed by atoms with Gasteiger partial charge in [-0.15, -0.1) is 0 Å². The van der Waals surface area contributed by atoms with Crippen LogP contribution in [0.5, 0.6) is 11.5 Å². The number of ether oxygens (including phenoxy) is 2. The molecule has 0 saturated heterocycles. The molecule has 5 heteroatoms. The monoisotopic (exact) mass is 354 g/mol. The summed E-state index contributed by atoms with van der Waals surface area (Å²) >= 11 is 0. The van der Waals surface area contributed by atoms with Gasteiger partial charge < -0.3 is 14.4 Å². The molecule has 0 saturated carbocycles. The third-order valence-corrected chi connectivity index (χ3v) is 4.52. The zero-order valence-corrected chi connectivity index (χ0v) is 15.3. The minimum absolute atomic E-state index is 0.201. The van der Waals surface area contributed by atoms with Crippen molar-refractivity contribution in [1.82, 2.24) is 9.88 Å². The van der Waals surface area contributed by atoms with E-state index in [0.717, 1.165) is 48.4 Å². The smallest absolute Gasteiger partial charge is 0.231 e. The SMILES string of the molecule is CCCCCC(=O)N(CCc1ccccn1)Cc1ccc2c(c1)OCO2. The van der Waals surface area contributed by atoms with Gasteiger partial charge >= 0.3 is 0 Å². The third kappa shape index (κ3) is 4.97. The second-order valence-corrected chi connectivity index (χ2v) is 6.53. The average Bonchev–Trinajstić information content (AvgIpc) is 3.14. The first kappa shape index (κ1) is 18.2. The fraction of sp³-hybridized carbons (Fsp3) is 0.429. The molecule has 5 nitrogen and oxygen atoms in total. The molecule has 1 aromatic carbocycles. The first-order valence-corrected chi connectivity index (χ1v) is 9.32. The molecule has 2 aromatic rings. The molecule has 138 valence electrons. The van der Waals surface area contributed by atoms with Crippen molar-refractivity contribution in [3.8, 4) is 11.5 Å². The van der Waals surface area contributed by atoms with E-state index in [1.165, 1.54) is 0 Å². The summed E-state index contributed by atoms with van der Waals surface area (Å²) in [6.45, 7) is 3.65. The lowest BCUT2D eigenvalue weighted by Crippen LogP contribution is -2.32. The molecule has 0 bridgehead atoms. The van der Waals surface area contributed by atoms with Gasteiger partial charge in [0.05, 0.1) is 0 Å². The average molecular weight is 354 g/mol. The van der Waals surface area contributed by atoms with Crippen LogP contribution in [-0.2, 0) is 17.8 Å². The first-order valence-electron chi connectivity index (χ1n) is 9.32. The summed E-state index contributed by atoms with van der Waals surface area (Å²) in [6, 6.07) is 11.8. The molecule has 1 amide bonds. The second kappa shape index (κ2) is 9.22. The van der Waals surface area contributed by atoms with E-state index in [9.17, 15) is 4.79 Å². The van der Waals surface area contributed by atoms with Crippen LogP contribution in [-0.4, -0.2) is 29.1 Å². The van der Waals surface area contributed by atoms with Crippen LogP contribution in [0.1, 0.15) is 43.9 Å². The number of unbranched alkanes of at least 4 members (excludes halogenated alkanes) is 2. The highest BCUT2D eigenvalue weighted by atomic mass is 16.7. The van der Waals surface area contributed by atoms with Gasteiger partial charge in [0.1, 0.15) is 0 Å². The summed E-state index contributed by atoms with van der Waals surface area (Å²) in [5.74, 6) is 1.72. The molecule has 2 heterocycles. The highest BCUT2D eigenvalue weighted by molar-refractivity contribution is 5.76. The molecule has 0 N–H and O–H groups in total. The fourth-order valence-electron chi connectivity index (χ4n) is 3.03. The van der Waals surface area contributed by atoms with Crippen molar-refractivity contribution in [2.75, 3.05) is 13.3 Å². The van der Waals surface area contributed by atoms with Crippen molar-refractivity contribution < 1.29 is 14.3 Å². The summed E-state index contributed by atoms with van der Waals surface area (Å²) in [7, 11) is 0. The molecular formula is C21H26N2O3. The highest BCUT2D eigenvalue weighted by Crippen LogP contribution is 2.32. The van der Waals surface area contributed by atoms with Gasteiger partial charge in [0, 0.05) is 37.8 Å². The van der Waals surface area contributed by atoms with Crippen LogP contribution in [0.4, 0.5) is 0 Å². The highest BCUT2D eigenvalue weighted by Gasteiger charge is 2.17. The van der Waals surface area contributed by atoms with Crippen molar-refractivity contribution in [2.24, 2.45) is 0 Å². The molecule has 0 fully saturated rings. The van der Waals surface area contributed by atoms with Gasteiger partial charge in [0.25, 0.3) is 0 Å². The predicted octanol–water partition coefficient (Wildman–Crippen LogP) is 3.96. The van der Waals surface area contributed by atoms with Gasteiger partial charge in [-0.3, -0.25) is 9.78 Å². The van der Waals surface area contributed by atoms with Crippen LogP contribution in [0, 0.1) is 0 Å². The largest absolute Gasteiger partial charge is 0.454 e. The van der Waals surface area contributed by atoms with E-state index in [1.54, 1.807) is 6.20 Å². The summed E-state index contributed by atoms with van der Waals surface area (Å²) in [4.78, 5) is 19.0. The maximum absolute atomic E-state index is 12.7. The molecule has 1 aromatic heterocycles. The van der Waals surface area contributed by atoms with Crippen LogP contribution in [0.3, 0.4) is 0 Å². The summed E-state index contributed by atoms with van der Waals surface area (Å²) in [5.41, 5.74) is 2.06. The van der Waals surface area contributed by atoms with Gasteiger partial charge in [-0.2, -0.15) is 0 Å². The minimum Gasteiger partial charge on any atom is -0.454 e. The molecule has 1 aliphatic heterocycles. The maximum atomic E-state index is 12.7. The van der Waals surface area contributed by atoms with E-state index in [4.69, 9.17) is 9.47 Å². The number of pyridine rings is 1. The predicted molar refractivity (Wildman–Crippen MR) is 100 cm³/mol. The van der Waals surface area contributed by atoms with Crippen LogP contribution >= 0.6 is 0 Å². The number of nitrogens with zero attached hydrogens (tertiary/aromatic N) is 2. The summed E-state index contributed by atoms with van der Waals surface area (Å²) in [6.07, 6.45) is 6.29. The summed E-state index contributed by atoms with van der Waals surface area (Å²) in [5, 5.41) is 0. The first-order chi connectivity index (χ1) is 12.8. The molecule has 1 aliphatic rings. The standard InChI is InChI=1S/C21H26N2O3/c1-2-3-4-8-21(24)23(13-11-18-7-5-6-12-22-18)15-17-9-10-19-20(14-17)26-16-25-19/h5-7,9-10,12,14H,2-4,8,11,13,15-16H2,1H3. The number of aromatic nitrogens is 1. The van der Waals surface area contributed by atoms with E-state index in [-0.39, 0.29) is 12.7 Å². The van der Waals surface area contributed by atoms with Crippen molar-refractivity contribution >= 4 is 5.91 Å². The Labute approximate surface area is 155 Å². The van der Waals surface area contributed by atoms with Crippen molar-refractivity contribution in [1.29, 1.82) is 0 Å². The van der Waals surface area contributed by atoms with Gasteiger partial charge in [0.15, 0.2) is 11.5 Å². The number of rotatable bonds is 9. The molecule has 0 aliphatic carbocycles. The molecular weight excluding hydrogens is 328 g/mol. The minimum atomic E-state index is 0.201. The summed E-state index contributed by atoms with van der Waals surface area (Å²) < 4.78 is 10.8. The quantitative estimate of drug-likeness (QED) is 0.640. The molecule has 26 heavy (non-hydrogen) atoms. The molecule has 3 rings (SSSR count). The van der Waals surface area contributed by atoms with Gasteiger partial charge in [-0.05, 0) is 36.2 Å². The Morgan fingerprint density at radius 1 is 1.15 bits per heavy atom. The van der Waals surface area contributed by atoms with E-state index in [2.05, 4.69) is 11.9 Å². The molecule has 0 radical (unpaired) electrons. The van der Waals surface area contributed by atoms with Crippen molar-refractivity contribution in [2.45, 2.75) is 45.6 Å². The number of fused-ring (bicyclic) bond motifs is 1.